The highest BCUT2D eigenvalue weighted by molar-refractivity contribution is 4.50. The van der Waals surface area contributed by atoms with E-state index in [0.29, 0.717) is 0 Å². The largest absolute Gasteiger partial charge is 0.297 e. The zero-order chi connectivity index (χ0) is 5.11. The van der Waals surface area contributed by atoms with Crippen LogP contribution in [-0.4, -0.2) is 24.8 Å². The molecular formula is C5H11NO. The molecule has 0 radical (unpaired) electrons. The van der Waals surface area contributed by atoms with E-state index in [1.165, 1.54) is 6.42 Å². The molecule has 0 unspecified atom stereocenters. The van der Waals surface area contributed by atoms with Gasteiger partial charge >= 0.3 is 0 Å². The lowest BCUT2D eigenvalue weighted by atomic mass is 10.4. The van der Waals surface area contributed by atoms with Crippen molar-refractivity contribution >= 4 is 0 Å². The van der Waals surface area contributed by atoms with Crippen molar-refractivity contribution in [3.05, 3.63) is 0 Å². The molecule has 0 bridgehead atoms. The number of nitrogens with zero attached hydrogens (tertiary/aromatic N) is 1. The second-order valence-corrected chi connectivity index (χ2v) is 1.76. The van der Waals surface area contributed by atoms with Gasteiger partial charge in [-0.25, -0.2) is 0 Å². The Morgan fingerprint density at radius 1 is 1.71 bits per heavy atom. The summed E-state index contributed by atoms with van der Waals surface area (Å²) in [6, 6.07) is 0. The maximum atomic E-state index is 5.00. The van der Waals surface area contributed by atoms with E-state index in [4.69, 9.17) is 4.84 Å². The molecular weight excluding hydrogens is 90.1 g/mol. The van der Waals surface area contributed by atoms with Crippen LogP contribution in [0.1, 0.15) is 13.3 Å². The van der Waals surface area contributed by atoms with Gasteiger partial charge in [-0.05, 0) is 6.42 Å². The first-order valence-electron chi connectivity index (χ1n) is 2.81. The van der Waals surface area contributed by atoms with Crippen molar-refractivity contribution in [3.8, 4) is 0 Å². The Labute approximate surface area is 44.0 Å². The molecule has 0 spiro atoms. The minimum absolute atomic E-state index is 0.931. The fourth-order valence-electron chi connectivity index (χ4n) is 0.646. The Kier molecular flexibility index (Phi) is 1.65. The molecule has 1 fully saturated rings. The molecule has 2 heteroatoms. The normalized spacial score (nSPS) is 21.9. The highest BCUT2D eigenvalue weighted by Crippen LogP contribution is 2.00. The van der Waals surface area contributed by atoms with Crippen molar-refractivity contribution in [2.45, 2.75) is 13.3 Å². The second-order valence-electron chi connectivity index (χ2n) is 1.76. The van der Waals surface area contributed by atoms with E-state index in [1.54, 1.807) is 0 Å². The Morgan fingerprint density at radius 3 is 2.57 bits per heavy atom. The molecule has 0 aliphatic carbocycles. The predicted octanol–water partition coefficient (Wildman–Crippen LogP) is 0.644. The van der Waals surface area contributed by atoms with Crippen LogP contribution < -0.4 is 0 Å². The third-order valence-electron chi connectivity index (χ3n) is 1.09. The van der Waals surface area contributed by atoms with Crippen molar-refractivity contribution in [1.82, 2.24) is 5.06 Å². The average molecular weight is 101 g/mol. The van der Waals surface area contributed by atoms with Gasteiger partial charge in [-0.1, -0.05) is 6.92 Å². The van der Waals surface area contributed by atoms with E-state index in [1.807, 2.05) is 5.06 Å². The first kappa shape index (κ1) is 5.06. The third kappa shape index (κ3) is 1.14. The van der Waals surface area contributed by atoms with E-state index in [-0.39, 0.29) is 0 Å². The van der Waals surface area contributed by atoms with Gasteiger partial charge in [-0.3, -0.25) is 4.84 Å². The van der Waals surface area contributed by atoms with E-state index in [9.17, 15) is 0 Å². The molecule has 1 heterocycles. The summed E-state index contributed by atoms with van der Waals surface area (Å²) in [5.41, 5.74) is 0. The van der Waals surface area contributed by atoms with Crippen LogP contribution in [0.3, 0.4) is 0 Å². The third-order valence-corrected chi connectivity index (χ3v) is 1.09. The quantitative estimate of drug-likeness (QED) is 0.506. The summed E-state index contributed by atoms with van der Waals surface area (Å²) < 4.78 is 0. The summed E-state index contributed by atoms with van der Waals surface area (Å²) in [4.78, 5) is 5.00. The molecule has 2 nitrogen and oxygen atoms in total. The maximum absolute atomic E-state index is 5.00. The van der Waals surface area contributed by atoms with Gasteiger partial charge in [0.25, 0.3) is 0 Å². The van der Waals surface area contributed by atoms with Gasteiger partial charge in [-0.15, -0.1) is 0 Å². The van der Waals surface area contributed by atoms with Crippen molar-refractivity contribution in [2.24, 2.45) is 0 Å². The molecule has 0 amide bonds. The van der Waals surface area contributed by atoms with Gasteiger partial charge in [0.2, 0.25) is 0 Å². The molecule has 7 heavy (non-hydrogen) atoms. The van der Waals surface area contributed by atoms with Gasteiger partial charge in [0, 0.05) is 13.1 Å². The Morgan fingerprint density at radius 2 is 2.43 bits per heavy atom. The van der Waals surface area contributed by atoms with Gasteiger partial charge in [0.15, 0.2) is 0 Å². The molecule has 0 atom stereocenters. The van der Waals surface area contributed by atoms with E-state index < -0.39 is 0 Å². The van der Waals surface area contributed by atoms with Crippen molar-refractivity contribution < 1.29 is 4.84 Å². The minimum Gasteiger partial charge on any atom is -0.297 e. The fourth-order valence-corrected chi connectivity index (χ4v) is 0.646. The van der Waals surface area contributed by atoms with Crippen LogP contribution in [0.4, 0.5) is 0 Å². The molecule has 42 valence electrons. The average Bonchev–Trinajstić information content (AvgIpc) is 1.55. The van der Waals surface area contributed by atoms with Crippen molar-refractivity contribution in [2.75, 3.05) is 19.7 Å². The lowest BCUT2D eigenvalue weighted by molar-refractivity contribution is -0.246. The number of hydrogen-bond donors (Lipinski definition) is 0. The summed E-state index contributed by atoms with van der Waals surface area (Å²) in [5, 5.41) is 1.99. The molecule has 0 N–H and O–H groups in total. The molecule has 1 aliphatic rings. The number of hydrogen-bond acceptors (Lipinski definition) is 2. The summed E-state index contributed by atoms with van der Waals surface area (Å²) in [5.74, 6) is 0. The maximum Gasteiger partial charge on any atom is 0.0835 e. The van der Waals surface area contributed by atoms with Crippen LogP contribution in [0.25, 0.3) is 0 Å². The molecule has 0 aromatic rings. The van der Waals surface area contributed by atoms with Crippen LogP contribution in [0.15, 0.2) is 0 Å². The monoisotopic (exact) mass is 101 g/mol. The zero-order valence-electron chi connectivity index (χ0n) is 4.68. The van der Waals surface area contributed by atoms with Gasteiger partial charge in [0.1, 0.15) is 0 Å². The lowest BCUT2D eigenvalue weighted by Gasteiger charge is -2.29. The Hall–Kier alpha value is -0.0800. The zero-order valence-corrected chi connectivity index (χ0v) is 4.68. The van der Waals surface area contributed by atoms with E-state index in [2.05, 4.69) is 6.92 Å². The second kappa shape index (κ2) is 2.28. The fraction of sp³-hybridized carbons (Fsp3) is 1.00. The smallest absolute Gasteiger partial charge is 0.0835 e. The van der Waals surface area contributed by atoms with Crippen LogP contribution in [0, 0.1) is 0 Å². The standard InChI is InChI=1S/C5H11NO/c1-2-3-6-4-5-7-6/h2-5H2,1H3. The summed E-state index contributed by atoms with van der Waals surface area (Å²) in [6.45, 7) is 5.32. The SMILES string of the molecule is CCCN1CCO1. The van der Waals surface area contributed by atoms with Crippen LogP contribution >= 0.6 is 0 Å². The van der Waals surface area contributed by atoms with Crippen molar-refractivity contribution in [3.63, 3.8) is 0 Å². The highest BCUT2D eigenvalue weighted by atomic mass is 16.7. The number of hydroxylamine groups is 2. The highest BCUT2D eigenvalue weighted by Gasteiger charge is 2.11. The van der Waals surface area contributed by atoms with Gasteiger partial charge in [0.05, 0.1) is 6.61 Å². The topological polar surface area (TPSA) is 12.5 Å². The Balaban J connectivity index is 1.93. The molecule has 0 saturated carbocycles. The summed E-state index contributed by atoms with van der Waals surface area (Å²) in [7, 11) is 0. The van der Waals surface area contributed by atoms with E-state index >= 15 is 0 Å². The van der Waals surface area contributed by atoms with E-state index in [0.717, 1.165) is 19.7 Å². The molecule has 1 aliphatic heterocycles. The van der Waals surface area contributed by atoms with Crippen LogP contribution in [0.5, 0.6) is 0 Å². The Bertz CT molecular complexity index is 52.0. The number of rotatable bonds is 2. The minimum atomic E-state index is 0.931. The molecule has 0 aromatic heterocycles. The predicted molar refractivity (Wildman–Crippen MR) is 27.8 cm³/mol. The molecule has 0 aromatic carbocycles. The first-order valence-corrected chi connectivity index (χ1v) is 2.81. The van der Waals surface area contributed by atoms with Crippen LogP contribution in [0.2, 0.25) is 0 Å². The van der Waals surface area contributed by atoms with Crippen LogP contribution in [-0.2, 0) is 4.84 Å². The van der Waals surface area contributed by atoms with Crippen molar-refractivity contribution in [1.29, 1.82) is 0 Å². The molecule has 1 rings (SSSR count). The van der Waals surface area contributed by atoms with Gasteiger partial charge in [-0.2, -0.15) is 5.06 Å². The molecule has 1 saturated heterocycles. The summed E-state index contributed by atoms with van der Waals surface area (Å²) in [6.07, 6.45) is 1.19. The van der Waals surface area contributed by atoms with Gasteiger partial charge < -0.3 is 0 Å². The summed E-state index contributed by atoms with van der Waals surface area (Å²) >= 11 is 0. The first-order chi connectivity index (χ1) is 3.43. The lowest BCUT2D eigenvalue weighted by Crippen LogP contribution is -2.39.